The zero-order valence-electron chi connectivity index (χ0n) is 12.2. The predicted molar refractivity (Wildman–Crippen MR) is 83.8 cm³/mol. The normalized spacial score (nSPS) is 11.1. The van der Waals surface area contributed by atoms with Crippen LogP contribution < -0.4 is 16.4 Å². The fraction of sp³-hybridized carbons (Fsp3) is 0.429. The van der Waals surface area contributed by atoms with Crippen LogP contribution in [0.1, 0.15) is 31.2 Å². The zero-order chi connectivity index (χ0) is 17.5. The molecule has 0 atom stereocenters. The molecule has 0 saturated heterocycles. The number of primary amides is 1. The summed E-state index contributed by atoms with van der Waals surface area (Å²) in [5.41, 5.74) is 4.16. The monoisotopic (exact) mass is 395 g/mol. The minimum absolute atomic E-state index is 0.0788. The zero-order valence-corrected chi connectivity index (χ0v) is 13.8. The van der Waals surface area contributed by atoms with Gasteiger partial charge in [-0.05, 0) is 31.0 Å². The van der Waals surface area contributed by atoms with Crippen molar-refractivity contribution in [3.05, 3.63) is 28.2 Å². The Kier molecular flexibility index (Phi) is 7.34. The number of halogens is 4. The van der Waals surface area contributed by atoms with Crippen molar-refractivity contribution >= 4 is 33.6 Å². The number of nitrogens with one attached hydrogen (secondary N) is 2. The van der Waals surface area contributed by atoms with Gasteiger partial charge in [-0.1, -0.05) is 22.4 Å². The number of benzene rings is 1. The van der Waals surface area contributed by atoms with Gasteiger partial charge >= 0.3 is 12.2 Å². The molecule has 0 bridgehead atoms. The molecule has 0 fully saturated rings. The van der Waals surface area contributed by atoms with Crippen LogP contribution in [0, 0.1) is 0 Å². The van der Waals surface area contributed by atoms with E-state index in [9.17, 15) is 22.8 Å². The standard InChI is InChI=1S/C14H17BrF3N3O2/c15-11-6-5-9(8-10(11)14(16,17)18)21-12(22)4-2-1-3-7-20-13(19)23/h5-6,8H,1-4,7H2,(H,21,22)(H3,19,20,23). The van der Waals surface area contributed by atoms with Gasteiger partial charge in [-0.2, -0.15) is 13.2 Å². The van der Waals surface area contributed by atoms with Gasteiger partial charge in [-0.3, -0.25) is 4.79 Å². The topological polar surface area (TPSA) is 84.2 Å². The van der Waals surface area contributed by atoms with Crippen LogP contribution in [0.3, 0.4) is 0 Å². The first kappa shape index (κ1) is 19.3. The second-order valence-electron chi connectivity index (χ2n) is 4.84. The van der Waals surface area contributed by atoms with Gasteiger partial charge in [0.05, 0.1) is 5.56 Å². The van der Waals surface area contributed by atoms with Gasteiger partial charge in [0.25, 0.3) is 0 Å². The highest BCUT2D eigenvalue weighted by molar-refractivity contribution is 9.10. The molecule has 0 heterocycles. The van der Waals surface area contributed by atoms with Gasteiger partial charge < -0.3 is 16.4 Å². The Morgan fingerprint density at radius 2 is 1.87 bits per heavy atom. The summed E-state index contributed by atoms with van der Waals surface area (Å²) in [4.78, 5) is 22.1. The van der Waals surface area contributed by atoms with Crippen molar-refractivity contribution in [2.45, 2.75) is 31.9 Å². The summed E-state index contributed by atoms with van der Waals surface area (Å²) in [7, 11) is 0. The number of rotatable bonds is 7. The van der Waals surface area contributed by atoms with Crippen LogP contribution in [0.25, 0.3) is 0 Å². The summed E-state index contributed by atoms with van der Waals surface area (Å²) in [5.74, 6) is -0.358. The maximum atomic E-state index is 12.8. The van der Waals surface area contributed by atoms with E-state index in [-0.39, 0.29) is 22.5 Å². The van der Waals surface area contributed by atoms with Crippen molar-refractivity contribution < 1.29 is 22.8 Å². The number of alkyl halides is 3. The molecule has 23 heavy (non-hydrogen) atoms. The van der Waals surface area contributed by atoms with E-state index in [4.69, 9.17) is 5.73 Å². The minimum atomic E-state index is -4.49. The average molecular weight is 396 g/mol. The SMILES string of the molecule is NC(=O)NCCCCCC(=O)Nc1ccc(Br)c(C(F)(F)F)c1. The van der Waals surface area contributed by atoms with Crippen molar-refractivity contribution in [2.24, 2.45) is 5.73 Å². The van der Waals surface area contributed by atoms with E-state index in [1.807, 2.05) is 0 Å². The Morgan fingerprint density at radius 3 is 2.48 bits per heavy atom. The van der Waals surface area contributed by atoms with Crippen LogP contribution in [-0.2, 0) is 11.0 Å². The molecule has 0 aromatic heterocycles. The number of amides is 3. The van der Waals surface area contributed by atoms with Crippen molar-refractivity contribution in [1.29, 1.82) is 0 Å². The average Bonchev–Trinajstić information content (AvgIpc) is 2.43. The van der Waals surface area contributed by atoms with E-state index >= 15 is 0 Å². The van der Waals surface area contributed by atoms with E-state index in [0.717, 1.165) is 6.07 Å². The molecular weight excluding hydrogens is 379 g/mol. The van der Waals surface area contributed by atoms with E-state index in [2.05, 4.69) is 26.6 Å². The molecule has 128 valence electrons. The number of hydrogen-bond acceptors (Lipinski definition) is 2. The molecule has 5 nitrogen and oxygen atoms in total. The number of nitrogens with two attached hydrogens (primary N) is 1. The van der Waals surface area contributed by atoms with E-state index in [1.54, 1.807) is 0 Å². The number of hydrogen-bond donors (Lipinski definition) is 3. The summed E-state index contributed by atoms with van der Waals surface area (Å²) in [5, 5.41) is 4.87. The molecule has 0 unspecified atom stereocenters. The molecule has 0 saturated carbocycles. The lowest BCUT2D eigenvalue weighted by atomic mass is 10.1. The molecule has 0 aliphatic rings. The smallest absolute Gasteiger partial charge is 0.352 e. The Bertz CT molecular complexity index is 565. The maximum absolute atomic E-state index is 12.8. The van der Waals surface area contributed by atoms with Crippen molar-refractivity contribution in [3.8, 4) is 0 Å². The fourth-order valence-electron chi connectivity index (χ4n) is 1.84. The van der Waals surface area contributed by atoms with Crippen molar-refractivity contribution in [3.63, 3.8) is 0 Å². The van der Waals surface area contributed by atoms with Gasteiger partial charge in [-0.25, -0.2) is 4.79 Å². The Hall–Kier alpha value is -1.77. The molecule has 0 radical (unpaired) electrons. The summed E-state index contributed by atoms with van der Waals surface area (Å²) in [6, 6.07) is 2.93. The lowest BCUT2D eigenvalue weighted by molar-refractivity contribution is -0.138. The van der Waals surface area contributed by atoms with E-state index in [0.29, 0.717) is 25.8 Å². The highest BCUT2D eigenvalue weighted by atomic mass is 79.9. The molecule has 3 amide bonds. The maximum Gasteiger partial charge on any atom is 0.417 e. The molecule has 4 N–H and O–H groups in total. The first-order chi connectivity index (χ1) is 10.7. The van der Waals surface area contributed by atoms with E-state index < -0.39 is 17.8 Å². The molecule has 1 aromatic carbocycles. The van der Waals surface area contributed by atoms with Gasteiger partial charge in [0, 0.05) is 23.1 Å². The van der Waals surface area contributed by atoms with Crippen molar-refractivity contribution in [1.82, 2.24) is 5.32 Å². The lowest BCUT2D eigenvalue weighted by Gasteiger charge is -2.12. The van der Waals surface area contributed by atoms with Crippen LogP contribution in [0.2, 0.25) is 0 Å². The third kappa shape index (κ3) is 7.36. The molecule has 9 heteroatoms. The first-order valence-electron chi connectivity index (χ1n) is 6.90. The lowest BCUT2D eigenvalue weighted by Crippen LogP contribution is -2.29. The fourth-order valence-corrected chi connectivity index (χ4v) is 2.31. The van der Waals surface area contributed by atoms with Crippen LogP contribution >= 0.6 is 15.9 Å². The Morgan fingerprint density at radius 1 is 1.17 bits per heavy atom. The molecule has 0 aliphatic carbocycles. The summed E-state index contributed by atoms with van der Waals surface area (Å²) < 4.78 is 38.2. The molecule has 1 rings (SSSR count). The predicted octanol–water partition coefficient (Wildman–Crippen LogP) is 3.64. The summed E-state index contributed by atoms with van der Waals surface area (Å²) in [6.07, 6.45) is -2.37. The summed E-state index contributed by atoms with van der Waals surface area (Å²) in [6.45, 7) is 0.429. The minimum Gasteiger partial charge on any atom is -0.352 e. The second-order valence-corrected chi connectivity index (χ2v) is 5.70. The number of anilines is 1. The van der Waals surface area contributed by atoms with E-state index in [1.165, 1.54) is 12.1 Å². The van der Waals surface area contributed by atoms with Crippen LogP contribution in [-0.4, -0.2) is 18.5 Å². The van der Waals surface area contributed by atoms with Gasteiger partial charge in [0.15, 0.2) is 0 Å². The largest absolute Gasteiger partial charge is 0.417 e. The van der Waals surface area contributed by atoms with Crippen LogP contribution in [0.4, 0.5) is 23.7 Å². The number of carbonyl (C=O) groups is 2. The Labute approximate surface area is 139 Å². The number of carbonyl (C=O) groups excluding carboxylic acids is 2. The molecule has 0 aliphatic heterocycles. The van der Waals surface area contributed by atoms with Crippen LogP contribution in [0.15, 0.2) is 22.7 Å². The second kappa shape index (κ2) is 8.76. The van der Waals surface area contributed by atoms with Gasteiger partial charge in [0.1, 0.15) is 0 Å². The highest BCUT2D eigenvalue weighted by Crippen LogP contribution is 2.36. The first-order valence-corrected chi connectivity index (χ1v) is 7.69. The van der Waals surface area contributed by atoms with Crippen LogP contribution in [0.5, 0.6) is 0 Å². The molecule has 1 aromatic rings. The van der Waals surface area contributed by atoms with Gasteiger partial charge in [0.2, 0.25) is 5.91 Å². The third-order valence-electron chi connectivity index (χ3n) is 2.94. The number of urea groups is 1. The van der Waals surface area contributed by atoms with Gasteiger partial charge in [-0.15, -0.1) is 0 Å². The number of unbranched alkanes of at least 4 members (excludes halogenated alkanes) is 2. The quantitative estimate of drug-likeness (QED) is 0.615. The van der Waals surface area contributed by atoms with Crippen molar-refractivity contribution in [2.75, 3.05) is 11.9 Å². The summed E-state index contributed by atoms with van der Waals surface area (Å²) >= 11 is 2.84. The molecule has 0 spiro atoms. The highest BCUT2D eigenvalue weighted by Gasteiger charge is 2.33. The molecular formula is C14H17BrF3N3O2. The Balaban J connectivity index is 2.41. The third-order valence-corrected chi connectivity index (χ3v) is 3.63.